The molecule has 0 aliphatic rings. The van der Waals surface area contributed by atoms with Gasteiger partial charge in [-0.1, -0.05) is 13.8 Å². The van der Waals surface area contributed by atoms with Crippen LogP contribution in [0.25, 0.3) is 0 Å². The van der Waals surface area contributed by atoms with Crippen molar-refractivity contribution in [3.8, 4) is 6.07 Å². The Hall–Kier alpha value is -1.30. The number of hydrogen-bond acceptors (Lipinski definition) is 3. The highest BCUT2D eigenvalue weighted by Gasteiger charge is 2.09. The van der Waals surface area contributed by atoms with Gasteiger partial charge in [-0.3, -0.25) is 0 Å². The Morgan fingerprint density at radius 2 is 2.40 bits per heavy atom. The zero-order chi connectivity index (χ0) is 7.56. The Morgan fingerprint density at radius 1 is 1.70 bits per heavy atom. The lowest BCUT2D eigenvalue weighted by Crippen LogP contribution is -1.89. The molecule has 1 aromatic heterocycles. The predicted octanol–water partition coefficient (Wildman–Crippen LogP) is 1.67. The second-order valence-electron chi connectivity index (χ2n) is 2.33. The quantitative estimate of drug-likeness (QED) is 0.590. The summed E-state index contributed by atoms with van der Waals surface area (Å²) in [6, 6.07) is 1.93. The molecular formula is C7H8N2O. The molecule has 1 aromatic rings. The first kappa shape index (κ1) is 6.81. The molecule has 0 radical (unpaired) electrons. The summed E-state index contributed by atoms with van der Waals surface area (Å²) in [5, 5.41) is 8.47. The van der Waals surface area contributed by atoms with Crippen molar-refractivity contribution in [2.45, 2.75) is 19.8 Å². The second-order valence-corrected chi connectivity index (χ2v) is 2.33. The van der Waals surface area contributed by atoms with Gasteiger partial charge in [0.25, 0.3) is 0 Å². The minimum atomic E-state index is 0.258. The van der Waals surface area contributed by atoms with E-state index in [1.807, 2.05) is 19.9 Å². The lowest BCUT2D eigenvalue weighted by atomic mass is 10.1. The maximum atomic E-state index is 8.47. The van der Waals surface area contributed by atoms with Gasteiger partial charge in [-0.25, -0.2) is 4.98 Å². The van der Waals surface area contributed by atoms with Crippen molar-refractivity contribution < 1.29 is 4.42 Å². The van der Waals surface area contributed by atoms with Crippen LogP contribution < -0.4 is 0 Å². The van der Waals surface area contributed by atoms with E-state index >= 15 is 0 Å². The smallest absolute Gasteiger partial charge is 0.227 e. The van der Waals surface area contributed by atoms with Crippen molar-refractivity contribution in [2.24, 2.45) is 0 Å². The fourth-order valence-corrected chi connectivity index (χ4v) is 0.750. The van der Waals surface area contributed by atoms with Crippen LogP contribution in [0.5, 0.6) is 0 Å². The van der Waals surface area contributed by atoms with Crippen molar-refractivity contribution in [3.05, 3.63) is 17.8 Å². The highest BCUT2D eigenvalue weighted by Crippen LogP contribution is 2.15. The van der Waals surface area contributed by atoms with Crippen LogP contribution in [0.3, 0.4) is 0 Å². The zero-order valence-electron chi connectivity index (χ0n) is 5.96. The molecule has 3 nitrogen and oxygen atoms in total. The van der Waals surface area contributed by atoms with Crippen molar-refractivity contribution in [2.75, 3.05) is 0 Å². The first-order chi connectivity index (χ1) is 4.75. The van der Waals surface area contributed by atoms with E-state index in [0.29, 0.717) is 5.76 Å². The van der Waals surface area contributed by atoms with E-state index in [2.05, 4.69) is 4.98 Å². The summed E-state index contributed by atoms with van der Waals surface area (Å²) in [5.74, 6) is 0.586. The number of oxazole rings is 1. The van der Waals surface area contributed by atoms with Crippen LogP contribution in [-0.2, 0) is 0 Å². The summed E-state index contributed by atoms with van der Waals surface area (Å²) in [7, 11) is 0. The summed E-state index contributed by atoms with van der Waals surface area (Å²) in [6.07, 6.45) is 1.30. The van der Waals surface area contributed by atoms with Gasteiger partial charge < -0.3 is 4.42 Å². The molecule has 0 spiro atoms. The van der Waals surface area contributed by atoms with E-state index in [4.69, 9.17) is 9.68 Å². The number of nitrogens with zero attached hydrogens (tertiary/aromatic N) is 2. The van der Waals surface area contributed by atoms with E-state index in [9.17, 15) is 0 Å². The molecule has 0 saturated heterocycles. The fraction of sp³-hybridized carbons (Fsp3) is 0.429. The highest BCUT2D eigenvalue weighted by atomic mass is 16.3. The Balaban J connectivity index is 3.05. The maximum Gasteiger partial charge on any atom is 0.227 e. The summed E-state index contributed by atoms with van der Waals surface area (Å²) in [5.41, 5.74) is 0.738. The molecule has 0 aliphatic carbocycles. The molecule has 0 amide bonds. The summed E-state index contributed by atoms with van der Waals surface area (Å²) >= 11 is 0. The average molecular weight is 136 g/mol. The molecule has 0 aliphatic heterocycles. The van der Waals surface area contributed by atoms with Crippen LogP contribution in [0.1, 0.15) is 31.2 Å². The second kappa shape index (κ2) is 2.53. The Bertz CT molecular complexity index is 257. The molecule has 1 rings (SSSR count). The van der Waals surface area contributed by atoms with Gasteiger partial charge in [0.05, 0.1) is 5.69 Å². The minimum absolute atomic E-state index is 0.258. The summed E-state index contributed by atoms with van der Waals surface area (Å²) < 4.78 is 4.80. The molecule has 0 fully saturated rings. The standard InChI is InChI=1S/C7H8N2O/c1-5(2)7-6(3-8)10-4-9-7/h4-5H,1-2H3. The molecule has 10 heavy (non-hydrogen) atoms. The normalized spacial score (nSPS) is 9.80. The molecule has 0 unspecified atom stereocenters. The van der Waals surface area contributed by atoms with Crippen LogP contribution in [0.15, 0.2) is 10.8 Å². The zero-order valence-corrected chi connectivity index (χ0v) is 5.96. The van der Waals surface area contributed by atoms with Crippen molar-refractivity contribution >= 4 is 0 Å². The van der Waals surface area contributed by atoms with Crippen LogP contribution >= 0.6 is 0 Å². The Morgan fingerprint density at radius 3 is 2.80 bits per heavy atom. The molecule has 0 N–H and O–H groups in total. The Labute approximate surface area is 59.3 Å². The third-order valence-electron chi connectivity index (χ3n) is 1.24. The minimum Gasteiger partial charge on any atom is -0.433 e. The molecule has 1 heterocycles. The topological polar surface area (TPSA) is 49.8 Å². The summed E-state index contributed by atoms with van der Waals surface area (Å²) in [6.45, 7) is 3.94. The molecule has 3 heteroatoms. The molecule has 52 valence electrons. The SMILES string of the molecule is CC(C)c1ncoc1C#N. The lowest BCUT2D eigenvalue weighted by Gasteiger charge is -1.95. The number of nitriles is 1. The van der Waals surface area contributed by atoms with Gasteiger partial charge in [0.2, 0.25) is 5.76 Å². The van der Waals surface area contributed by atoms with Gasteiger partial charge in [-0.2, -0.15) is 5.26 Å². The predicted molar refractivity (Wildman–Crippen MR) is 35.3 cm³/mol. The fourth-order valence-electron chi connectivity index (χ4n) is 0.750. The molecular weight excluding hydrogens is 128 g/mol. The van der Waals surface area contributed by atoms with Crippen molar-refractivity contribution in [3.63, 3.8) is 0 Å². The Kier molecular flexibility index (Phi) is 1.72. The maximum absolute atomic E-state index is 8.47. The first-order valence-electron chi connectivity index (χ1n) is 3.09. The van der Waals surface area contributed by atoms with Crippen molar-refractivity contribution in [1.82, 2.24) is 4.98 Å². The largest absolute Gasteiger partial charge is 0.433 e. The van der Waals surface area contributed by atoms with Crippen LogP contribution in [0, 0.1) is 11.3 Å². The molecule has 0 atom stereocenters. The highest BCUT2D eigenvalue weighted by molar-refractivity contribution is 5.24. The van der Waals surface area contributed by atoms with Crippen LogP contribution in [-0.4, -0.2) is 4.98 Å². The lowest BCUT2D eigenvalue weighted by molar-refractivity contribution is 0.541. The van der Waals surface area contributed by atoms with Gasteiger partial charge in [0.1, 0.15) is 6.07 Å². The molecule has 0 saturated carbocycles. The van der Waals surface area contributed by atoms with Crippen molar-refractivity contribution in [1.29, 1.82) is 5.26 Å². The average Bonchev–Trinajstić information content (AvgIpc) is 2.33. The third-order valence-corrected chi connectivity index (χ3v) is 1.24. The van der Waals surface area contributed by atoms with Gasteiger partial charge in [0.15, 0.2) is 6.39 Å². The van der Waals surface area contributed by atoms with E-state index in [1.165, 1.54) is 6.39 Å². The van der Waals surface area contributed by atoms with E-state index in [0.717, 1.165) is 5.69 Å². The van der Waals surface area contributed by atoms with E-state index in [-0.39, 0.29) is 5.92 Å². The van der Waals surface area contributed by atoms with Crippen LogP contribution in [0.2, 0.25) is 0 Å². The van der Waals surface area contributed by atoms with Gasteiger partial charge in [0, 0.05) is 5.92 Å². The number of rotatable bonds is 1. The van der Waals surface area contributed by atoms with Gasteiger partial charge >= 0.3 is 0 Å². The molecule has 0 aromatic carbocycles. The van der Waals surface area contributed by atoms with E-state index < -0.39 is 0 Å². The summed E-state index contributed by atoms with van der Waals surface area (Å²) in [4.78, 5) is 3.90. The monoisotopic (exact) mass is 136 g/mol. The third kappa shape index (κ3) is 1.01. The first-order valence-corrected chi connectivity index (χ1v) is 3.09. The van der Waals surface area contributed by atoms with Crippen LogP contribution in [0.4, 0.5) is 0 Å². The van der Waals surface area contributed by atoms with E-state index in [1.54, 1.807) is 0 Å². The number of aromatic nitrogens is 1. The number of hydrogen-bond donors (Lipinski definition) is 0. The van der Waals surface area contributed by atoms with Gasteiger partial charge in [-0.05, 0) is 0 Å². The van der Waals surface area contributed by atoms with Gasteiger partial charge in [-0.15, -0.1) is 0 Å². The molecule has 0 bridgehead atoms.